The molecule has 2 aromatic rings. The number of hydrogen-bond acceptors (Lipinski definition) is 8. The van der Waals surface area contributed by atoms with E-state index in [-0.39, 0.29) is 68.9 Å². The summed E-state index contributed by atoms with van der Waals surface area (Å²) in [5.74, 6) is -0.400. The number of carbonyl (C=O) groups is 4. The first-order valence-corrected chi connectivity index (χ1v) is 13.5. The minimum absolute atomic E-state index is 0. The van der Waals surface area contributed by atoms with Gasteiger partial charge in [-0.05, 0) is 24.3 Å². The molecule has 1 N–H and O–H groups in total. The van der Waals surface area contributed by atoms with Gasteiger partial charge in [0, 0.05) is 50.0 Å². The van der Waals surface area contributed by atoms with Crippen LogP contribution in [-0.4, -0.2) is 65.7 Å². The van der Waals surface area contributed by atoms with Gasteiger partial charge in [-0.2, -0.15) is 0 Å². The Morgan fingerprint density at radius 3 is 1.79 bits per heavy atom. The van der Waals surface area contributed by atoms with Crippen LogP contribution in [0.3, 0.4) is 0 Å². The summed E-state index contributed by atoms with van der Waals surface area (Å²) >= 11 is 0. The van der Waals surface area contributed by atoms with Gasteiger partial charge in [0.05, 0.1) is 43.7 Å². The highest BCUT2D eigenvalue weighted by molar-refractivity contribution is 5.96. The van der Waals surface area contributed by atoms with Crippen LogP contribution in [0.5, 0.6) is 0 Å². The van der Waals surface area contributed by atoms with Gasteiger partial charge in [-0.15, -0.1) is 0 Å². The zero-order chi connectivity index (χ0) is 28.9. The number of ketones is 3. The number of amides is 1. The van der Waals surface area contributed by atoms with Crippen molar-refractivity contribution in [3.63, 3.8) is 0 Å². The van der Waals surface area contributed by atoms with Crippen LogP contribution in [0, 0.1) is 17.8 Å². The molecular weight excluding hydrogens is 498 g/mol. The number of rotatable bonds is 17. The summed E-state index contributed by atoms with van der Waals surface area (Å²) in [5, 5.41) is 2.90. The fraction of sp³-hybridized carbons (Fsp3) is 0.533. The van der Waals surface area contributed by atoms with Crippen molar-refractivity contribution in [2.24, 2.45) is 17.8 Å². The molecule has 2 heterocycles. The number of nitrogens with one attached hydrogen (secondary N) is 1. The fourth-order valence-corrected chi connectivity index (χ4v) is 3.46. The van der Waals surface area contributed by atoms with E-state index in [1.807, 2.05) is 41.5 Å². The first kappa shape index (κ1) is 31.9. The van der Waals surface area contributed by atoms with E-state index in [1.165, 1.54) is 6.20 Å². The quantitative estimate of drug-likeness (QED) is 0.228. The maximum atomic E-state index is 12.9. The molecule has 0 spiro atoms. The van der Waals surface area contributed by atoms with Crippen molar-refractivity contribution in [2.45, 2.75) is 60.4 Å². The Balaban J connectivity index is 0.00000800. The molecule has 0 saturated carbocycles. The minimum Gasteiger partial charge on any atom is -0.379 e. The number of Topliss-reactive ketones (excluding diaryl/α,β-unsaturated/α-hetero) is 3. The van der Waals surface area contributed by atoms with Crippen LogP contribution in [0.2, 0.25) is 0 Å². The molecule has 0 aliphatic rings. The van der Waals surface area contributed by atoms with Gasteiger partial charge in [-0.3, -0.25) is 29.1 Å². The van der Waals surface area contributed by atoms with E-state index in [2.05, 4.69) is 15.3 Å². The Morgan fingerprint density at radius 2 is 1.36 bits per heavy atom. The predicted molar refractivity (Wildman–Crippen MR) is 151 cm³/mol. The van der Waals surface area contributed by atoms with Gasteiger partial charge >= 0.3 is 0 Å². The lowest BCUT2D eigenvalue weighted by Gasteiger charge is -2.19. The Hall–Kier alpha value is -3.30. The molecule has 9 nitrogen and oxygen atoms in total. The van der Waals surface area contributed by atoms with Gasteiger partial charge in [0.15, 0.2) is 5.78 Å². The number of nitrogens with zero attached hydrogens (tertiary/aromatic N) is 2. The average molecular weight is 542 g/mol. The van der Waals surface area contributed by atoms with Crippen LogP contribution in [0.1, 0.15) is 76.7 Å². The average Bonchev–Trinajstić information content (AvgIpc) is 2.92. The molecule has 0 aliphatic heterocycles. The summed E-state index contributed by atoms with van der Waals surface area (Å²) in [5.41, 5.74) is 2.11. The number of carbonyl (C=O) groups excluding carboxylic acids is 4. The van der Waals surface area contributed by atoms with Gasteiger partial charge in [-0.1, -0.05) is 41.5 Å². The molecule has 1 amide bonds. The monoisotopic (exact) mass is 541 g/mol. The van der Waals surface area contributed by atoms with Crippen molar-refractivity contribution in [1.82, 2.24) is 15.3 Å². The molecule has 214 valence electrons. The Morgan fingerprint density at radius 1 is 0.769 bits per heavy atom. The van der Waals surface area contributed by atoms with Crippen LogP contribution in [-0.2, 0) is 19.1 Å². The molecule has 0 bridgehead atoms. The Kier molecular flexibility index (Phi) is 13.1. The van der Waals surface area contributed by atoms with Crippen molar-refractivity contribution in [3.05, 3.63) is 47.9 Å². The second kappa shape index (κ2) is 16.0. The number of pyridine rings is 2. The summed E-state index contributed by atoms with van der Waals surface area (Å²) in [7, 11) is 0. The number of hydrogen-bond donors (Lipinski definition) is 1. The Bertz CT molecular complexity index is 1070. The molecule has 39 heavy (non-hydrogen) atoms. The molecule has 0 radical (unpaired) electrons. The molecule has 0 unspecified atom stereocenters. The summed E-state index contributed by atoms with van der Waals surface area (Å²) in [6.45, 7) is 11.9. The topological polar surface area (TPSA) is 125 Å². The zero-order valence-corrected chi connectivity index (χ0v) is 23.9. The molecule has 0 atom stereocenters. The summed E-state index contributed by atoms with van der Waals surface area (Å²) in [6.07, 6.45) is 3.67. The van der Waals surface area contributed by atoms with Gasteiger partial charge < -0.3 is 14.8 Å². The number of aromatic nitrogens is 2. The third-order valence-corrected chi connectivity index (χ3v) is 6.11. The lowest BCUT2D eigenvalue weighted by atomic mass is 10.0. The maximum absolute atomic E-state index is 12.9. The van der Waals surface area contributed by atoms with Crippen molar-refractivity contribution in [2.75, 3.05) is 26.4 Å². The minimum atomic E-state index is -0.476. The molecule has 0 saturated heterocycles. The van der Waals surface area contributed by atoms with Gasteiger partial charge in [0.25, 0.3) is 5.91 Å². The van der Waals surface area contributed by atoms with Crippen LogP contribution in [0.4, 0.5) is 0 Å². The second-order valence-corrected chi connectivity index (χ2v) is 10.4. The van der Waals surface area contributed by atoms with Crippen molar-refractivity contribution >= 4 is 23.3 Å². The molecular formula is C30H43N3O6. The van der Waals surface area contributed by atoms with E-state index in [0.717, 1.165) is 5.56 Å². The van der Waals surface area contributed by atoms with E-state index in [0.29, 0.717) is 29.8 Å². The number of ether oxygens (including phenoxy) is 2. The van der Waals surface area contributed by atoms with Gasteiger partial charge in [0.2, 0.25) is 0 Å². The molecule has 2 aromatic heterocycles. The van der Waals surface area contributed by atoms with Crippen LogP contribution < -0.4 is 5.32 Å². The Labute approximate surface area is 232 Å². The SMILES string of the molecule is CC(C)C(=O)CCOCC(COCCC(=O)C(C)C)NC(=O)c1ccc(-c2ccc(C(=O)C(C)C)nc2)nc1.[HH]. The molecule has 2 rings (SSSR count). The van der Waals surface area contributed by atoms with Crippen molar-refractivity contribution < 1.29 is 30.1 Å². The maximum Gasteiger partial charge on any atom is 0.253 e. The second-order valence-electron chi connectivity index (χ2n) is 10.4. The van der Waals surface area contributed by atoms with E-state index in [4.69, 9.17) is 9.47 Å². The summed E-state index contributed by atoms with van der Waals surface area (Å²) in [4.78, 5) is 57.4. The van der Waals surface area contributed by atoms with Gasteiger partial charge in [0.1, 0.15) is 17.3 Å². The first-order chi connectivity index (χ1) is 18.5. The fourth-order valence-electron chi connectivity index (χ4n) is 3.46. The van der Waals surface area contributed by atoms with Gasteiger partial charge in [-0.25, -0.2) is 0 Å². The summed E-state index contributed by atoms with van der Waals surface area (Å²) < 4.78 is 11.3. The summed E-state index contributed by atoms with van der Waals surface area (Å²) in [6, 6.07) is 6.35. The van der Waals surface area contributed by atoms with Crippen molar-refractivity contribution in [1.29, 1.82) is 0 Å². The van der Waals surface area contributed by atoms with E-state index in [9.17, 15) is 19.2 Å². The normalized spacial score (nSPS) is 11.4. The lowest BCUT2D eigenvalue weighted by Crippen LogP contribution is -2.42. The van der Waals surface area contributed by atoms with Crippen LogP contribution in [0.15, 0.2) is 36.7 Å². The van der Waals surface area contributed by atoms with Crippen molar-refractivity contribution in [3.8, 4) is 11.3 Å². The highest BCUT2D eigenvalue weighted by atomic mass is 16.5. The van der Waals surface area contributed by atoms with E-state index < -0.39 is 6.04 Å². The van der Waals surface area contributed by atoms with Crippen LogP contribution >= 0.6 is 0 Å². The standard InChI is InChI=1S/C30H41N3O6.H2/c1-19(2)27(34)11-13-38-17-24(18-39-14-12-28(35)20(3)4)33-30(37)23-8-9-25(31-16-23)22-7-10-26(32-15-22)29(36)21(5)6;/h7-10,15-16,19-21,24H,11-14,17-18H2,1-6H3,(H,33,37);1H. The largest absolute Gasteiger partial charge is 0.379 e. The molecule has 0 aliphatic carbocycles. The third kappa shape index (κ3) is 10.8. The van der Waals surface area contributed by atoms with E-state index >= 15 is 0 Å². The van der Waals surface area contributed by atoms with E-state index in [1.54, 1.807) is 30.5 Å². The molecule has 0 aromatic carbocycles. The third-order valence-electron chi connectivity index (χ3n) is 6.11. The highest BCUT2D eigenvalue weighted by Crippen LogP contribution is 2.17. The predicted octanol–water partition coefficient (Wildman–Crippen LogP) is 4.59. The smallest absolute Gasteiger partial charge is 0.253 e. The zero-order valence-electron chi connectivity index (χ0n) is 23.9. The lowest BCUT2D eigenvalue weighted by molar-refractivity contribution is -0.123. The highest BCUT2D eigenvalue weighted by Gasteiger charge is 2.17. The van der Waals surface area contributed by atoms with Crippen LogP contribution in [0.25, 0.3) is 11.3 Å². The molecule has 0 fully saturated rings. The first-order valence-electron chi connectivity index (χ1n) is 13.5. The molecule has 9 heteroatoms.